The number of nitrogens with zero attached hydrogens (tertiary/aromatic N) is 2. The van der Waals surface area contributed by atoms with Crippen molar-refractivity contribution < 1.29 is 4.79 Å². The molecule has 1 amide bonds. The van der Waals surface area contributed by atoms with Crippen molar-refractivity contribution >= 4 is 45.0 Å². The molecule has 82 valence electrons. The van der Waals surface area contributed by atoms with Crippen LogP contribution in [0.2, 0.25) is 0 Å². The second kappa shape index (κ2) is 5.27. The standard InChI is InChI=1S/C10H8BrN3OS/c11-8-3-1-7(2-4-8)5-12-14-10-13-9(15)6-16-10/h1-5H,6H2,(H,13,14,15)/b12-5-. The van der Waals surface area contributed by atoms with Crippen molar-refractivity contribution in [2.75, 3.05) is 5.75 Å². The molecule has 16 heavy (non-hydrogen) atoms. The third kappa shape index (κ3) is 3.18. The summed E-state index contributed by atoms with van der Waals surface area (Å²) in [6, 6.07) is 7.71. The minimum Gasteiger partial charge on any atom is -0.303 e. The van der Waals surface area contributed by atoms with Crippen LogP contribution in [0, 0.1) is 0 Å². The lowest BCUT2D eigenvalue weighted by atomic mass is 10.2. The molecule has 1 aromatic rings. The summed E-state index contributed by atoms with van der Waals surface area (Å²) >= 11 is 4.71. The fraction of sp³-hybridized carbons (Fsp3) is 0.100. The van der Waals surface area contributed by atoms with Crippen LogP contribution >= 0.6 is 27.7 Å². The molecule has 0 saturated carbocycles. The van der Waals surface area contributed by atoms with Gasteiger partial charge in [0.05, 0.1) is 12.0 Å². The zero-order valence-electron chi connectivity index (χ0n) is 8.18. The highest BCUT2D eigenvalue weighted by atomic mass is 79.9. The molecule has 1 saturated heterocycles. The van der Waals surface area contributed by atoms with Gasteiger partial charge in [0, 0.05) is 4.47 Å². The first-order chi connectivity index (χ1) is 7.74. The summed E-state index contributed by atoms with van der Waals surface area (Å²) in [5, 5.41) is 11.0. The maximum absolute atomic E-state index is 10.9. The van der Waals surface area contributed by atoms with Crippen LogP contribution in [0.15, 0.2) is 38.9 Å². The fourth-order valence-electron chi connectivity index (χ4n) is 1.08. The Hall–Kier alpha value is -1.14. The number of benzene rings is 1. The number of carbonyl (C=O) groups excluding carboxylic acids is 1. The molecular formula is C10H8BrN3OS. The molecule has 0 spiro atoms. The van der Waals surface area contributed by atoms with Crippen molar-refractivity contribution in [1.29, 1.82) is 0 Å². The third-order valence-electron chi connectivity index (χ3n) is 1.81. The summed E-state index contributed by atoms with van der Waals surface area (Å²) in [4.78, 5) is 10.9. The SMILES string of the molecule is O=C1CSC(=N/N=C\c2ccc(Br)cc2)N1. The number of nitrogens with one attached hydrogen (secondary N) is 1. The highest BCUT2D eigenvalue weighted by Crippen LogP contribution is 2.10. The van der Waals surface area contributed by atoms with Gasteiger partial charge in [-0.25, -0.2) is 0 Å². The Morgan fingerprint density at radius 2 is 2.12 bits per heavy atom. The van der Waals surface area contributed by atoms with Gasteiger partial charge in [-0.1, -0.05) is 39.8 Å². The molecule has 1 aliphatic rings. The molecule has 1 fully saturated rings. The molecule has 0 atom stereocenters. The molecule has 0 unspecified atom stereocenters. The molecule has 0 bridgehead atoms. The number of carbonyl (C=O) groups is 1. The lowest BCUT2D eigenvalue weighted by Gasteiger charge is -1.92. The van der Waals surface area contributed by atoms with E-state index in [9.17, 15) is 4.79 Å². The Bertz CT molecular complexity index is 456. The normalized spacial score (nSPS) is 18.3. The van der Waals surface area contributed by atoms with Gasteiger partial charge in [-0.2, -0.15) is 5.10 Å². The van der Waals surface area contributed by atoms with Crippen LogP contribution in [-0.4, -0.2) is 23.0 Å². The highest BCUT2D eigenvalue weighted by molar-refractivity contribution is 9.10. The molecule has 1 N–H and O–H groups in total. The van der Waals surface area contributed by atoms with Crippen molar-refractivity contribution in [3.63, 3.8) is 0 Å². The maximum atomic E-state index is 10.9. The molecule has 1 heterocycles. The number of amidine groups is 1. The predicted octanol–water partition coefficient (Wildman–Crippen LogP) is 2.00. The zero-order valence-corrected chi connectivity index (χ0v) is 10.6. The number of hydrogen-bond donors (Lipinski definition) is 1. The Morgan fingerprint density at radius 1 is 1.38 bits per heavy atom. The second-order valence-corrected chi connectivity index (χ2v) is 4.92. The van der Waals surface area contributed by atoms with E-state index in [4.69, 9.17) is 0 Å². The van der Waals surface area contributed by atoms with E-state index < -0.39 is 0 Å². The molecule has 1 aliphatic heterocycles. The van der Waals surface area contributed by atoms with Gasteiger partial charge in [0.1, 0.15) is 0 Å². The van der Waals surface area contributed by atoms with E-state index in [1.54, 1.807) is 6.21 Å². The maximum Gasteiger partial charge on any atom is 0.236 e. The van der Waals surface area contributed by atoms with E-state index >= 15 is 0 Å². The number of halogens is 1. The summed E-state index contributed by atoms with van der Waals surface area (Å²) in [6.07, 6.45) is 1.64. The van der Waals surface area contributed by atoms with Crippen LogP contribution in [0.4, 0.5) is 0 Å². The summed E-state index contributed by atoms with van der Waals surface area (Å²) in [5.74, 6) is 0.398. The number of thioether (sulfide) groups is 1. The van der Waals surface area contributed by atoms with Gasteiger partial charge in [-0.15, -0.1) is 5.10 Å². The van der Waals surface area contributed by atoms with Crippen LogP contribution in [0.25, 0.3) is 0 Å². The van der Waals surface area contributed by atoms with Crippen molar-refractivity contribution in [3.05, 3.63) is 34.3 Å². The number of rotatable bonds is 2. The minimum atomic E-state index is -0.0254. The van der Waals surface area contributed by atoms with E-state index in [0.717, 1.165) is 10.0 Å². The Kier molecular flexibility index (Phi) is 3.74. The minimum absolute atomic E-state index is 0.0254. The third-order valence-corrected chi connectivity index (χ3v) is 3.20. The van der Waals surface area contributed by atoms with Crippen molar-refractivity contribution in [2.45, 2.75) is 0 Å². The summed E-state index contributed by atoms with van der Waals surface area (Å²) in [6.45, 7) is 0. The van der Waals surface area contributed by atoms with Crippen molar-refractivity contribution in [3.8, 4) is 0 Å². The summed E-state index contributed by atoms with van der Waals surface area (Å²) in [5.41, 5.74) is 0.960. The molecule has 0 aliphatic carbocycles. The smallest absolute Gasteiger partial charge is 0.236 e. The Morgan fingerprint density at radius 3 is 2.75 bits per heavy atom. The van der Waals surface area contributed by atoms with E-state index in [0.29, 0.717) is 10.9 Å². The van der Waals surface area contributed by atoms with E-state index in [1.165, 1.54) is 11.8 Å². The van der Waals surface area contributed by atoms with E-state index in [-0.39, 0.29) is 5.91 Å². The van der Waals surface area contributed by atoms with Crippen LogP contribution in [0.1, 0.15) is 5.56 Å². The van der Waals surface area contributed by atoms with Crippen molar-refractivity contribution in [1.82, 2.24) is 5.32 Å². The van der Waals surface area contributed by atoms with Crippen LogP contribution < -0.4 is 5.32 Å². The molecule has 0 aromatic heterocycles. The summed E-state index contributed by atoms with van der Waals surface area (Å²) in [7, 11) is 0. The molecule has 1 aromatic carbocycles. The Balaban J connectivity index is 1.99. The Labute approximate surface area is 105 Å². The fourth-order valence-corrected chi connectivity index (χ4v) is 1.97. The van der Waals surface area contributed by atoms with Gasteiger partial charge < -0.3 is 5.32 Å². The first-order valence-corrected chi connectivity index (χ1v) is 6.31. The topological polar surface area (TPSA) is 53.8 Å². The molecule has 4 nitrogen and oxygen atoms in total. The van der Waals surface area contributed by atoms with Gasteiger partial charge in [0.25, 0.3) is 0 Å². The predicted molar refractivity (Wildman–Crippen MR) is 69.8 cm³/mol. The molecule has 0 radical (unpaired) electrons. The first kappa shape index (κ1) is 11.3. The average Bonchev–Trinajstić information content (AvgIpc) is 2.67. The number of amides is 1. The zero-order chi connectivity index (χ0) is 11.4. The van der Waals surface area contributed by atoms with Crippen LogP contribution in [-0.2, 0) is 4.79 Å². The van der Waals surface area contributed by atoms with Gasteiger partial charge in [-0.05, 0) is 17.7 Å². The number of hydrogen-bond acceptors (Lipinski definition) is 4. The molecule has 6 heteroatoms. The first-order valence-electron chi connectivity index (χ1n) is 4.53. The van der Waals surface area contributed by atoms with Crippen LogP contribution in [0.5, 0.6) is 0 Å². The lowest BCUT2D eigenvalue weighted by molar-refractivity contribution is -0.116. The second-order valence-electron chi connectivity index (χ2n) is 3.04. The quantitative estimate of drug-likeness (QED) is 0.670. The lowest BCUT2D eigenvalue weighted by Crippen LogP contribution is -2.19. The molecular weight excluding hydrogens is 290 g/mol. The van der Waals surface area contributed by atoms with Gasteiger partial charge in [0.15, 0.2) is 5.17 Å². The van der Waals surface area contributed by atoms with Gasteiger partial charge >= 0.3 is 0 Å². The average molecular weight is 298 g/mol. The molecule has 2 rings (SSSR count). The van der Waals surface area contributed by atoms with Crippen LogP contribution in [0.3, 0.4) is 0 Å². The van der Waals surface area contributed by atoms with E-state index in [2.05, 4.69) is 31.4 Å². The highest BCUT2D eigenvalue weighted by Gasteiger charge is 2.15. The van der Waals surface area contributed by atoms with Gasteiger partial charge in [-0.3, -0.25) is 4.79 Å². The van der Waals surface area contributed by atoms with Crippen molar-refractivity contribution in [2.24, 2.45) is 10.2 Å². The largest absolute Gasteiger partial charge is 0.303 e. The monoisotopic (exact) mass is 297 g/mol. The van der Waals surface area contributed by atoms with Gasteiger partial charge in [0.2, 0.25) is 5.91 Å². The summed E-state index contributed by atoms with van der Waals surface area (Å²) < 4.78 is 1.02. The van der Waals surface area contributed by atoms with E-state index in [1.807, 2.05) is 24.3 Å².